The van der Waals surface area contributed by atoms with Crippen LogP contribution in [0.15, 0.2) is 265 Å². The number of para-hydroxylation sites is 3. The molecule has 0 saturated heterocycles. The summed E-state index contributed by atoms with van der Waals surface area (Å²) in [5.74, 6) is 0. The highest BCUT2D eigenvalue weighted by Crippen LogP contribution is 2.59. The molecule has 0 fully saturated rings. The zero-order chi connectivity index (χ0) is 48.0. The number of hydrogen-bond acceptors (Lipinski definition) is 2. The van der Waals surface area contributed by atoms with Crippen LogP contribution in [0.4, 0.5) is 17.1 Å². The summed E-state index contributed by atoms with van der Waals surface area (Å²) in [4.78, 5) is 2.55. The Balaban J connectivity index is 1.07. The minimum absolute atomic E-state index is 0.147. The molecule has 0 spiro atoms. The van der Waals surface area contributed by atoms with Gasteiger partial charge in [0.1, 0.15) is 11.2 Å². The van der Waals surface area contributed by atoms with E-state index in [1.807, 2.05) is 0 Å². The average Bonchev–Trinajstić information content (AvgIpc) is 4.05. The molecular formula is C70H49NO. The van der Waals surface area contributed by atoms with Crippen LogP contribution in [-0.2, 0) is 10.8 Å². The van der Waals surface area contributed by atoms with Crippen molar-refractivity contribution in [1.82, 2.24) is 0 Å². The first-order valence-electron chi connectivity index (χ1n) is 25.1. The molecule has 2 aliphatic rings. The first-order chi connectivity index (χ1) is 35.5. The minimum atomic E-state index is -0.671. The van der Waals surface area contributed by atoms with Gasteiger partial charge in [-0.1, -0.05) is 232 Å². The molecule has 0 amide bonds. The summed E-state index contributed by atoms with van der Waals surface area (Å²) in [7, 11) is 0. The number of benzene rings is 11. The summed E-state index contributed by atoms with van der Waals surface area (Å²) in [5.41, 5.74) is 24.0. The highest BCUT2D eigenvalue weighted by atomic mass is 16.3. The zero-order valence-corrected chi connectivity index (χ0v) is 40.2. The van der Waals surface area contributed by atoms with E-state index < -0.39 is 5.41 Å². The predicted octanol–water partition coefficient (Wildman–Crippen LogP) is 18.7. The Morgan fingerprint density at radius 1 is 0.319 bits per heavy atom. The molecule has 12 aromatic rings. The molecule has 14 rings (SSSR count). The van der Waals surface area contributed by atoms with E-state index in [0.29, 0.717) is 0 Å². The van der Waals surface area contributed by atoms with E-state index in [1.54, 1.807) is 0 Å². The lowest BCUT2D eigenvalue weighted by Crippen LogP contribution is -2.28. The van der Waals surface area contributed by atoms with Crippen LogP contribution < -0.4 is 4.90 Å². The lowest BCUT2D eigenvalue weighted by molar-refractivity contribution is 0.660. The first kappa shape index (κ1) is 41.9. The van der Waals surface area contributed by atoms with Gasteiger partial charge < -0.3 is 9.32 Å². The molecule has 0 aliphatic heterocycles. The van der Waals surface area contributed by atoms with E-state index in [-0.39, 0.29) is 5.41 Å². The van der Waals surface area contributed by atoms with Crippen molar-refractivity contribution >= 4 is 39.0 Å². The van der Waals surface area contributed by atoms with E-state index in [9.17, 15) is 0 Å². The fraction of sp³-hybridized carbons (Fsp3) is 0.0571. The van der Waals surface area contributed by atoms with Crippen LogP contribution in [0.1, 0.15) is 47.2 Å². The zero-order valence-electron chi connectivity index (χ0n) is 40.2. The summed E-state index contributed by atoms with van der Waals surface area (Å²) in [6.45, 7) is 4.74. The summed E-state index contributed by atoms with van der Waals surface area (Å²) in [6.07, 6.45) is 0. The Morgan fingerprint density at radius 2 is 0.861 bits per heavy atom. The smallest absolute Gasteiger partial charge is 0.135 e. The fourth-order valence-electron chi connectivity index (χ4n) is 12.6. The van der Waals surface area contributed by atoms with E-state index in [2.05, 4.69) is 280 Å². The maximum absolute atomic E-state index is 6.48. The molecule has 2 aliphatic carbocycles. The molecule has 0 N–H and O–H groups in total. The number of anilines is 3. The van der Waals surface area contributed by atoms with Crippen molar-refractivity contribution < 1.29 is 4.42 Å². The Hall–Kier alpha value is -8.98. The highest BCUT2D eigenvalue weighted by molar-refractivity contribution is 6.06. The SMILES string of the molecule is CC1(C)c2ccccc2-c2c(-c3ccccc3N(c3ccc4c(c3)C(c3ccccc3)(c3ccc5oc6ccccc6c5c3)c3ccccc3-4)c3ccccc3-c3ccccc3-c3ccccc3)cccc21. The maximum Gasteiger partial charge on any atom is 0.135 e. The van der Waals surface area contributed by atoms with Crippen molar-refractivity contribution in [1.29, 1.82) is 0 Å². The van der Waals surface area contributed by atoms with Crippen molar-refractivity contribution in [3.8, 4) is 55.6 Å². The topological polar surface area (TPSA) is 16.4 Å². The maximum atomic E-state index is 6.48. The quantitative estimate of drug-likeness (QED) is 0.151. The Bertz CT molecular complexity index is 4090. The van der Waals surface area contributed by atoms with Crippen LogP contribution in [0.2, 0.25) is 0 Å². The summed E-state index contributed by atoms with van der Waals surface area (Å²) in [5, 5.41) is 2.23. The molecule has 1 unspecified atom stereocenters. The second-order valence-corrected chi connectivity index (χ2v) is 19.9. The summed E-state index contributed by atoms with van der Waals surface area (Å²) < 4.78 is 6.48. The van der Waals surface area contributed by atoms with Crippen molar-refractivity contribution in [2.45, 2.75) is 24.7 Å². The molecule has 0 saturated carbocycles. The van der Waals surface area contributed by atoms with Crippen LogP contribution in [0.5, 0.6) is 0 Å². The average molecular weight is 920 g/mol. The lowest BCUT2D eigenvalue weighted by atomic mass is 9.67. The molecule has 2 nitrogen and oxygen atoms in total. The van der Waals surface area contributed by atoms with Gasteiger partial charge in [0.25, 0.3) is 0 Å². The van der Waals surface area contributed by atoms with Crippen LogP contribution in [0.3, 0.4) is 0 Å². The number of rotatable bonds is 8. The predicted molar refractivity (Wildman–Crippen MR) is 300 cm³/mol. The lowest BCUT2D eigenvalue weighted by Gasteiger charge is -2.35. The largest absolute Gasteiger partial charge is 0.456 e. The molecule has 340 valence electrons. The van der Waals surface area contributed by atoms with Gasteiger partial charge in [-0.25, -0.2) is 0 Å². The van der Waals surface area contributed by atoms with Crippen LogP contribution in [0.25, 0.3) is 77.6 Å². The van der Waals surface area contributed by atoms with Gasteiger partial charge >= 0.3 is 0 Å². The van der Waals surface area contributed by atoms with Gasteiger partial charge in [-0.05, 0) is 120 Å². The third-order valence-corrected chi connectivity index (χ3v) is 15.8. The van der Waals surface area contributed by atoms with Crippen molar-refractivity contribution in [3.05, 3.63) is 294 Å². The van der Waals surface area contributed by atoms with E-state index in [0.717, 1.165) is 44.6 Å². The molecule has 1 aromatic heterocycles. The van der Waals surface area contributed by atoms with Gasteiger partial charge in [0.2, 0.25) is 0 Å². The summed E-state index contributed by atoms with van der Waals surface area (Å²) >= 11 is 0. The van der Waals surface area contributed by atoms with Gasteiger partial charge in [0.15, 0.2) is 0 Å². The monoisotopic (exact) mass is 919 g/mol. The molecule has 1 heterocycles. The molecule has 2 heteroatoms. The Morgan fingerprint density at radius 3 is 1.62 bits per heavy atom. The second-order valence-electron chi connectivity index (χ2n) is 19.9. The van der Waals surface area contributed by atoms with Crippen LogP contribution in [-0.4, -0.2) is 0 Å². The van der Waals surface area contributed by atoms with E-state index >= 15 is 0 Å². The van der Waals surface area contributed by atoms with Crippen molar-refractivity contribution in [2.24, 2.45) is 0 Å². The number of fused-ring (bicyclic) bond motifs is 9. The van der Waals surface area contributed by atoms with Gasteiger partial charge in [0, 0.05) is 33.0 Å². The van der Waals surface area contributed by atoms with E-state index in [4.69, 9.17) is 4.42 Å². The van der Waals surface area contributed by atoms with Gasteiger partial charge in [-0.15, -0.1) is 0 Å². The number of furan rings is 1. The normalized spacial score (nSPS) is 15.0. The Labute approximate surface area is 420 Å². The van der Waals surface area contributed by atoms with Gasteiger partial charge in [-0.3, -0.25) is 0 Å². The number of nitrogens with zero attached hydrogens (tertiary/aromatic N) is 1. The van der Waals surface area contributed by atoms with E-state index in [1.165, 1.54) is 83.5 Å². The van der Waals surface area contributed by atoms with Crippen LogP contribution >= 0.6 is 0 Å². The molecule has 11 aromatic carbocycles. The molecular weight excluding hydrogens is 871 g/mol. The molecule has 72 heavy (non-hydrogen) atoms. The first-order valence-corrected chi connectivity index (χ1v) is 25.1. The van der Waals surface area contributed by atoms with Crippen LogP contribution in [0, 0.1) is 0 Å². The molecule has 0 bridgehead atoms. The fourth-order valence-corrected chi connectivity index (χ4v) is 12.6. The third-order valence-electron chi connectivity index (χ3n) is 15.8. The third kappa shape index (κ3) is 6.15. The highest BCUT2D eigenvalue weighted by Gasteiger charge is 2.47. The number of hydrogen-bond donors (Lipinski definition) is 0. The Kier molecular flexibility index (Phi) is 9.50. The van der Waals surface area contributed by atoms with Crippen molar-refractivity contribution in [3.63, 3.8) is 0 Å². The van der Waals surface area contributed by atoms with Gasteiger partial charge in [0.05, 0.1) is 16.8 Å². The molecule has 0 radical (unpaired) electrons. The summed E-state index contributed by atoms with van der Waals surface area (Å²) in [6, 6.07) is 96.3. The molecule has 1 atom stereocenters. The minimum Gasteiger partial charge on any atom is -0.456 e. The van der Waals surface area contributed by atoms with Gasteiger partial charge in [-0.2, -0.15) is 0 Å². The standard InChI is InChI=1S/C70H49NO/c1-69(2)60-34-16-12-32-58(60)68-57(33-21-36-62(68)69)55-30-14-19-38-65(55)71(64-37-18-13-29-54(64)51-27-10-9-26-50(51)46-22-5-3-6-23-46)49-41-42-53-52-28-11-17-35-61(52)70(63(53)45-49,47-24-7-4-8-25-47)48-40-43-67-59(44-48)56-31-15-20-39-66(56)72-67/h3-45H,1-2H3. The second kappa shape index (κ2) is 16.3. The van der Waals surface area contributed by atoms with Crippen molar-refractivity contribution in [2.75, 3.05) is 4.90 Å².